The van der Waals surface area contributed by atoms with Crippen molar-refractivity contribution in [3.05, 3.63) is 28.2 Å². The second kappa shape index (κ2) is 7.64. The summed E-state index contributed by atoms with van der Waals surface area (Å²) in [6.45, 7) is 0. The van der Waals surface area contributed by atoms with Gasteiger partial charge in [-0.15, -0.1) is 0 Å². The monoisotopic (exact) mass is 343 g/mol. The van der Waals surface area contributed by atoms with Crippen LogP contribution in [0.5, 0.6) is 0 Å². The molecule has 0 saturated carbocycles. The highest BCUT2D eigenvalue weighted by Crippen LogP contribution is 2.25. The number of fused-ring (bicyclic) bond motifs is 1. The molecular formula is C13H14BrNO5. The van der Waals surface area contributed by atoms with Crippen LogP contribution in [0.2, 0.25) is 0 Å². The number of methoxy groups -OCH3 is 2. The molecule has 1 aliphatic rings. The van der Waals surface area contributed by atoms with E-state index in [0.29, 0.717) is 6.42 Å². The van der Waals surface area contributed by atoms with Crippen LogP contribution in [0.25, 0.3) is 0 Å². The number of benzene rings is 1. The number of anilines is 1. The van der Waals surface area contributed by atoms with Crippen LogP contribution >= 0.6 is 15.9 Å². The van der Waals surface area contributed by atoms with Crippen LogP contribution in [0.1, 0.15) is 12.0 Å². The number of carbonyl (C=O) groups excluding carboxylic acids is 3. The Balaban J connectivity index is 0.000000206. The second-order valence-electron chi connectivity index (χ2n) is 3.86. The molecule has 0 bridgehead atoms. The van der Waals surface area contributed by atoms with Gasteiger partial charge >= 0.3 is 11.9 Å². The van der Waals surface area contributed by atoms with Crippen molar-refractivity contribution < 1.29 is 23.9 Å². The van der Waals surface area contributed by atoms with Crippen LogP contribution in [0.15, 0.2) is 22.7 Å². The lowest BCUT2D eigenvalue weighted by Gasteiger charge is -1.96. The van der Waals surface area contributed by atoms with Crippen LogP contribution in [0.3, 0.4) is 0 Å². The number of ether oxygens (including phenoxy) is 2. The van der Waals surface area contributed by atoms with Crippen LogP contribution in [0.4, 0.5) is 5.69 Å². The summed E-state index contributed by atoms with van der Waals surface area (Å²) in [5, 5.41) is 2.77. The van der Waals surface area contributed by atoms with Crippen molar-refractivity contribution in [1.29, 1.82) is 0 Å². The Kier molecular flexibility index (Phi) is 6.17. The molecule has 1 N–H and O–H groups in total. The molecule has 1 heterocycles. The summed E-state index contributed by atoms with van der Waals surface area (Å²) in [5.41, 5.74) is 2.02. The van der Waals surface area contributed by atoms with Crippen molar-refractivity contribution in [3.8, 4) is 0 Å². The van der Waals surface area contributed by atoms with E-state index in [-0.39, 0.29) is 12.3 Å². The zero-order chi connectivity index (χ0) is 15.1. The molecule has 7 heteroatoms. The maximum atomic E-state index is 10.9. The lowest BCUT2D eigenvalue weighted by Crippen LogP contribution is -2.09. The number of carbonyl (C=O) groups is 3. The zero-order valence-corrected chi connectivity index (χ0v) is 12.7. The van der Waals surface area contributed by atoms with E-state index in [2.05, 4.69) is 30.7 Å². The highest BCUT2D eigenvalue weighted by atomic mass is 79.9. The Bertz CT molecular complexity index is 515. The standard InChI is InChI=1S/C8H6BrNO.C5H8O4/c9-6-2-1-5-3-8(11)10-7(5)4-6;1-8-4(6)3-5(7)9-2/h1-2,4H,3H2,(H,10,11);3H2,1-2H3. The van der Waals surface area contributed by atoms with Gasteiger partial charge in [-0.3, -0.25) is 14.4 Å². The summed E-state index contributed by atoms with van der Waals surface area (Å²) in [6.07, 6.45) is 0.204. The molecule has 1 aromatic rings. The summed E-state index contributed by atoms with van der Waals surface area (Å²) in [4.78, 5) is 31.4. The van der Waals surface area contributed by atoms with Gasteiger partial charge in [0, 0.05) is 10.2 Å². The van der Waals surface area contributed by atoms with E-state index in [0.717, 1.165) is 15.7 Å². The molecule has 0 unspecified atom stereocenters. The number of esters is 2. The fraction of sp³-hybridized carbons (Fsp3) is 0.308. The van der Waals surface area contributed by atoms with E-state index in [9.17, 15) is 14.4 Å². The average molecular weight is 344 g/mol. The predicted molar refractivity (Wildman–Crippen MR) is 75.1 cm³/mol. The molecule has 1 amide bonds. The SMILES string of the molecule is COC(=O)CC(=O)OC.O=C1Cc2ccc(Br)cc2N1. The summed E-state index contributed by atoms with van der Waals surface area (Å²) in [7, 11) is 2.43. The molecule has 0 saturated heterocycles. The zero-order valence-electron chi connectivity index (χ0n) is 11.1. The normalized spacial score (nSPS) is 11.7. The number of hydrogen-bond acceptors (Lipinski definition) is 5. The fourth-order valence-corrected chi connectivity index (χ4v) is 1.81. The van der Waals surface area contributed by atoms with Gasteiger partial charge in [0.25, 0.3) is 0 Å². The minimum Gasteiger partial charge on any atom is -0.469 e. The molecule has 1 aliphatic heterocycles. The van der Waals surface area contributed by atoms with Crippen LogP contribution in [0, 0.1) is 0 Å². The first-order valence-electron chi connectivity index (χ1n) is 5.68. The van der Waals surface area contributed by atoms with Gasteiger partial charge < -0.3 is 14.8 Å². The number of amides is 1. The number of hydrogen-bond donors (Lipinski definition) is 1. The fourth-order valence-electron chi connectivity index (χ4n) is 1.45. The van der Waals surface area contributed by atoms with Gasteiger partial charge in [-0.2, -0.15) is 0 Å². The predicted octanol–water partition coefficient (Wildman–Crippen LogP) is 1.67. The van der Waals surface area contributed by atoms with Crippen LogP contribution in [-0.2, 0) is 30.3 Å². The van der Waals surface area contributed by atoms with Gasteiger partial charge in [0.2, 0.25) is 5.91 Å². The van der Waals surface area contributed by atoms with Crippen molar-refractivity contribution in [2.45, 2.75) is 12.8 Å². The first kappa shape index (κ1) is 16.2. The van der Waals surface area contributed by atoms with Crippen molar-refractivity contribution >= 4 is 39.5 Å². The minimum absolute atomic E-state index is 0.0816. The first-order valence-corrected chi connectivity index (χ1v) is 6.47. The van der Waals surface area contributed by atoms with Gasteiger partial charge in [0.1, 0.15) is 6.42 Å². The second-order valence-corrected chi connectivity index (χ2v) is 4.77. The summed E-state index contributed by atoms with van der Waals surface area (Å²) >= 11 is 3.33. The van der Waals surface area contributed by atoms with E-state index in [1.165, 1.54) is 14.2 Å². The Hall–Kier alpha value is -1.89. The molecule has 2 rings (SSSR count). The maximum Gasteiger partial charge on any atom is 0.316 e. The summed E-state index contributed by atoms with van der Waals surface area (Å²) in [5.74, 6) is -1.08. The van der Waals surface area contributed by atoms with Gasteiger partial charge in [-0.05, 0) is 17.7 Å². The Morgan fingerprint density at radius 3 is 2.40 bits per heavy atom. The minimum atomic E-state index is -0.582. The van der Waals surface area contributed by atoms with Gasteiger partial charge in [-0.25, -0.2) is 0 Å². The van der Waals surface area contributed by atoms with Gasteiger partial charge in [0.05, 0.1) is 20.6 Å². The Labute approximate surface area is 124 Å². The molecule has 6 nitrogen and oxygen atoms in total. The molecule has 0 aliphatic carbocycles. The number of rotatable bonds is 2. The molecule has 0 spiro atoms. The topological polar surface area (TPSA) is 81.7 Å². The number of halogens is 1. The highest BCUT2D eigenvalue weighted by Gasteiger charge is 2.16. The van der Waals surface area contributed by atoms with E-state index in [1.54, 1.807) is 0 Å². The van der Waals surface area contributed by atoms with E-state index >= 15 is 0 Å². The van der Waals surface area contributed by atoms with Crippen LogP contribution < -0.4 is 5.32 Å². The first-order chi connectivity index (χ1) is 9.46. The summed E-state index contributed by atoms with van der Waals surface area (Å²) in [6, 6.07) is 5.82. The largest absolute Gasteiger partial charge is 0.469 e. The van der Waals surface area contributed by atoms with Crippen molar-refractivity contribution in [3.63, 3.8) is 0 Å². The van der Waals surface area contributed by atoms with Crippen molar-refractivity contribution in [2.75, 3.05) is 19.5 Å². The summed E-state index contributed by atoms with van der Waals surface area (Å²) < 4.78 is 9.36. The molecule has 0 atom stereocenters. The van der Waals surface area contributed by atoms with E-state index < -0.39 is 11.9 Å². The third-order valence-corrected chi connectivity index (χ3v) is 2.93. The molecule has 20 heavy (non-hydrogen) atoms. The number of nitrogens with one attached hydrogen (secondary N) is 1. The Morgan fingerprint density at radius 1 is 1.25 bits per heavy atom. The van der Waals surface area contributed by atoms with Crippen molar-refractivity contribution in [1.82, 2.24) is 0 Å². The van der Waals surface area contributed by atoms with E-state index in [1.807, 2.05) is 18.2 Å². The highest BCUT2D eigenvalue weighted by molar-refractivity contribution is 9.10. The third kappa shape index (κ3) is 5.00. The third-order valence-electron chi connectivity index (χ3n) is 2.44. The van der Waals surface area contributed by atoms with Gasteiger partial charge in [0.15, 0.2) is 0 Å². The molecule has 0 radical (unpaired) electrons. The van der Waals surface area contributed by atoms with E-state index in [4.69, 9.17) is 0 Å². The quantitative estimate of drug-likeness (QED) is 0.652. The molecule has 1 aromatic carbocycles. The Morgan fingerprint density at radius 2 is 1.85 bits per heavy atom. The molecule has 0 fully saturated rings. The molecular weight excluding hydrogens is 330 g/mol. The molecule has 108 valence electrons. The lowest BCUT2D eigenvalue weighted by molar-refractivity contribution is -0.151. The van der Waals surface area contributed by atoms with Crippen LogP contribution in [-0.4, -0.2) is 32.1 Å². The lowest BCUT2D eigenvalue weighted by atomic mass is 10.2. The average Bonchev–Trinajstić information content (AvgIpc) is 2.78. The molecule has 0 aromatic heterocycles. The maximum absolute atomic E-state index is 10.9. The van der Waals surface area contributed by atoms with Gasteiger partial charge in [-0.1, -0.05) is 22.0 Å². The van der Waals surface area contributed by atoms with Crippen molar-refractivity contribution in [2.24, 2.45) is 0 Å². The smallest absolute Gasteiger partial charge is 0.316 e.